The number of halogens is 2. The highest BCUT2D eigenvalue weighted by molar-refractivity contribution is 5.52. The van der Waals surface area contributed by atoms with Crippen molar-refractivity contribution >= 4 is 0 Å². The average molecular weight is 181 g/mol. The van der Waals surface area contributed by atoms with Gasteiger partial charge in [-0.2, -0.15) is 0 Å². The zero-order chi connectivity index (χ0) is 9.26. The summed E-state index contributed by atoms with van der Waals surface area (Å²) in [6, 6.07) is 3.12. The second-order valence-corrected chi connectivity index (χ2v) is 2.50. The Morgan fingerprint density at radius 2 is 1.77 bits per heavy atom. The molecule has 0 amide bonds. The highest BCUT2D eigenvalue weighted by Crippen LogP contribution is 2.19. The third-order valence-electron chi connectivity index (χ3n) is 1.54. The summed E-state index contributed by atoms with van der Waals surface area (Å²) < 4.78 is 30.3. The van der Waals surface area contributed by atoms with E-state index in [1.54, 1.807) is 0 Å². The zero-order valence-electron chi connectivity index (χ0n) is 6.50. The quantitative estimate of drug-likeness (QED) is 0.675. The van der Waals surface area contributed by atoms with E-state index in [-0.39, 0.29) is 5.89 Å². The van der Waals surface area contributed by atoms with Gasteiger partial charge in [0.1, 0.15) is 17.9 Å². The molecule has 0 saturated carbocycles. The molecule has 66 valence electrons. The molecule has 0 aliphatic carbocycles. The molecular formula is C9H5F2NO. The second kappa shape index (κ2) is 2.97. The van der Waals surface area contributed by atoms with Crippen LogP contribution in [0.25, 0.3) is 11.5 Å². The first-order valence-electron chi connectivity index (χ1n) is 3.61. The number of nitrogens with zero attached hydrogens (tertiary/aromatic N) is 1. The topological polar surface area (TPSA) is 26.0 Å². The lowest BCUT2D eigenvalue weighted by molar-refractivity contribution is 0.563. The SMILES string of the molecule is Fc1cc(F)cc(-c2ncco2)c1. The van der Waals surface area contributed by atoms with Crippen LogP contribution in [-0.4, -0.2) is 4.98 Å². The maximum atomic E-state index is 12.7. The summed E-state index contributed by atoms with van der Waals surface area (Å²) in [5.41, 5.74) is 0.294. The second-order valence-electron chi connectivity index (χ2n) is 2.50. The zero-order valence-corrected chi connectivity index (χ0v) is 6.50. The molecule has 0 atom stereocenters. The van der Waals surface area contributed by atoms with Gasteiger partial charge in [0.05, 0.1) is 6.20 Å². The summed E-state index contributed by atoms with van der Waals surface area (Å²) in [6.45, 7) is 0. The van der Waals surface area contributed by atoms with Crippen molar-refractivity contribution in [3.8, 4) is 11.5 Å². The molecule has 1 aromatic heterocycles. The summed E-state index contributed by atoms with van der Waals surface area (Å²) in [5, 5.41) is 0. The minimum absolute atomic E-state index is 0.207. The van der Waals surface area contributed by atoms with Gasteiger partial charge < -0.3 is 4.42 Å². The molecule has 4 heteroatoms. The lowest BCUT2D eigenvalue weighted by Crippen LogP contribution is -1.83. The Balaban J connectivity index is 2.53. The molecule has 1 aromatic carbocycles. The van der Waals surface area contributed by atoms with Gasteiger partial charge in [-0.3, -0.25) is 0 Å². The molecule has 2 rings (SSSR count). The van der Waals surface area contributed by atoms with Crippen molar-refractivity contribution in [3.63, 3.8) is 0 Å². The van der Waals surface area contributed by atoms with Gasteiger partial charge in [0.25, 0.3) is 0 Å². The van der Waals surface area contributed by atoms with E-state index in [4.69, 9.17) is 4.42 Å². The number of hydrogen-bond donors (Lipinski definition) is 0. The van der Waals surface area contributed by atoms with Gasteiger partial charge in [-0.25, -0.2) is 13.8 Å². The molecule has 2 nitrogen and oxygen atoms in total. The Morgan fingerprint density at radius 1 is 1.08 bits per heavy atom. The fourth-order valence-electron chi connectivity index (χ4n) is 1.04. The van der Waals surface area contributed by atoms with Crippen LogP contribution in [0, 0.1) is 11.6 Å². The first-order valence-corrected chi connectivity index (χ1v) is 3.61. The Morgan fingerprint density at radius 3 is 2.31 bits per heavy atom. The van der Waals surface area contributed by atoms with Crippen LogP contribution in [0.15, 0.2) is 35.1 Å². The van der Waals surface area contributed by atoms with Crippen LogP contribution in [-0.2, 0) is 0 Å². The monoisotopic (exact) mass is 181 g/mol. The van der Waals surface area contributed by atoms with Gasteiger partial charge in [-0.1, -0.05) is 0 Å². The van der Waals surface area contributed by atoms with Gasteiger partial charge in [-0.15, -0.1) is 0 Å². The van der Waals surface area contributed by atoms with Crippen molar-refractivity contribution in [3.05, 3.63) is 42.3 Å². The summed E-state index contributed by atoms with van der Waals surface area (Å²) in [6.07, 6.45) is 2.76. The smallest absolute Gasteiger partial charge is 0.226 e. The highest BCUT2D eigenvalue weighted by Gasteiger charge is 2.05. The molecule has 0 saturated heterocycles. The Bertz CT molecular complexity index is 391. The lowest BCUT2D eigenvalue weighted by Gasteiger charge is -1.95. The fourth-order valence-corrected chi connectivity index (χ4v) is 1.04. The lowest BCUT2D eigenvalue weighted by atomic mass is 10.2. The van der Waals surface area contributed by atoms with Crippen LogP contribution < -0.4 is 0 Å². The number of aromatic nitrogens is 1. The molecule has 0 bridgehead atoms. The third kappa shape index (κ3) is 1.56. The van der Waals surface area contributed by atoms with Crippen LogP contribution in [0.2, 0.25) is 0 Å². The fraction of sp³-hybridized carbons (Fsp3) is 0. The molecule has 0 aliphatic heterocycles. The van der Waals surface area contributed by atoms with E-state index < -0.39 is 11.6 Å². The summed E-state index contributed by atoms with van der Waals surface area (Å²) >= 11 is 0. The Kier molecular flexibility index (Phi) is 1.81. The standard InChI is InChI=1S/C9H5F2NO/c10-7-3-6(4-8(11)5-7)9-12-1-2-13-9/h1-5H. The largest absolute Gasteiger partial charge is 0.445 e. The molecule has 2 aromatic rings. The molecule has 0 fully saturated rings. The Labute approximate surface area is 72.8 Å². The third-order valence-corrected chi connectivity index (χ3v) is 1.54. The number of rotatable bonds is 1. The molecular weight excluding hydrogens is 176 g/mol. The first-order chi connectivity index (χ1) is 6.25. The summed E-state index contributed by atoms with van der Waals surface area (Å²) in [4.78, 5) is 3.77. The van der Waals surface area contributed by atoms with Crippen molar-refractivity contribution < 1.29 is 13.2 Å². The molecule has 0 radical (unpaired) electrons. The minimum atomic E-state index is -0.645. The van der Waals surface area contributed by atoms with Crippen molar-refractivity contribution in [2.75, 3.05) is 0 Å². The number of benzene rings is 1. The van der Waals surface area contributed by atoms with Gasteiger partial charge in [0.15, 0.2) is 0 Å². The van der Waals surface area contributed by atoms with Gasteiger partial charge in [0, 0.05) is 11.6 Å². The van der Waals surface area contributed by atoms with Gasteiger partial charge in [-0.05, 0) is 12.1 Å². The molecule has 13 heavy (non-hydrogen) atoms. The van der Waals surface area contributed by atoms with Crippen LogP contribution >= 0.6 is 0 Å². The molecule has 0 spiro atoms. The highest BCUT2D eigenvalue weighted by atomic mass is 19.1. The van der Waals surface area contributed by atoms with Crippen molar-refractivity contribution in [1.82, 2.24) is 4.98 Å². The van der Waals surface area contributed by atoms with E-state index in [9.17, 15) is 8.78 Å². The Hall–Kier alpha value is -1.71. The average Bonchev–Trinajstić information content (AvgIpc) is 2.53. The molecule has 0 unspecified atom stereocenters. The van der Waals surface area contributed by atoms with Crippen LogP contribution in [0.4, 0.5) is 8.78 Å². The minimum Gasteiger partial charge on any atom is -0.445 e. The van der Waals surface area contributed by atoms with E-state index in [1.807, 2.05) is 0 Å². The van der Waals surface area contributed by atoms with Crippen LogP contribution in [0.3, 0.4) is 0 Å². The van der Waals surface area contributed by atoms with E-state index in [0.717, 1.165) is 18.2 Å². The molecule has 1 heterocycles. The predicted molar refractivity (Wildman–Crippen MR) is 41.9 cm³/mol. The van der Waals surface area contributed by atoms with E-state index >= 15 is 0 Å². The van der Waals surface area contributed by atoms with E-state index in [1.165, 1.54) is 12.5 Å². The van der Waals surface area contributed by atoms with Gasteiger partial charge >= 0.3 is 0 Å². The van der Waals surface area contributed by atoms with Crippen LogP contribution in [0.5, 0.6) is 0 Å². The number of oxazole rings is 1. The van der Waals surface area contributed by atoms with Crippen LogP contribution in [0.1, 0.15) is 0 Å². The summed E-state index contributed by atoms with van der Waals surface area (Å²) in [7, 11) is 0. The number of hydrogen-bond acceptors (Lipinski definition) is 2. The first kappa shape index (κ1) is 7.91. The predicted octanol–water partition coefficient (Wildman–Crippen LogP) is 2.62. The van der Waals surface area contributed by atoms with Crippen molar-refractivity contribution in [2.45, 2.75) is 0 Å². The van der Waals surface area contributed by atoms with E-state index in [2.05, 4.69) is 4.98 Å². The van der Waals surface area contributed by atoms with Gasteiger partial charge in [0.2, 0.25) is 5.89 Å². The maximum Gasteiger partial charge on any atom is 0.226 e. The maximum absolute atomic E-state index is 12.7. The van der Waals surface area contributed by atoms with E-state index in [0.29, 0.717) is 5.56 Å². The van der Waals surface area contributed by atoms with Crippen molar-refractivity contribution in [2.24, 2.45) is 0 Å². The molecule has 0 N–H and O–H groups in total. The normalized spacial score (nSPS) is 10.3. The van der Waals surface area contributed by atoms with Crippen molar-refractivity contribution in [1.29, 1.82) is 0 Å². The molecule has 0 aliphatic rings. The summed E-state index contributed by atoms with van der Waals surface area (Å²) in [5.74, 6) is -1.08.